The van der Waals surface area contributed by atoms with Crippen LogP contribution in [0.2, 0.25) is 0 Å². The van der Waals surface area contributed by atoms with Crippen molar-refractivity contribution in [3.05, 3.63) is 44.0 Å². The Labute approximate surface area is 145 Å². The zero-order valence-electron chi connectivity index (χ0n) is 13.4. The third-order valence-corrected chi connectivity index (χ3v) is 5.87. The lowest BCUT2D eigenvalue weighted by atomic mass is 10.4. The van der Waals surface area contributed by atoms with E-state index in [-0.39, 0.29) is 0 Å². The van der Waals surface area contributed by atoms with E-state index in [1.54, 1.807) is 7.05 Å². The highest BCUT2D eigenvalue weighted by Crippen LogP contribution is 2.23. The summed E-state index contributed by atoms with van der Waals surface area (Å²) in [6, 6.07) is 4.47. The molecule has 2 rings (SSSR count). The summed E-state index contributed by atoms with van der Waals surface area (Å²) in [6.45, 7) is 4.27. The standard InChI is InChI=1S/C15H24N4O2S2/c1-16-15(11-19(20)21)17-6-9-22-12-14-5-4-13(23-14)10-18-7-2-3-8-18/h4-5,11,16-17H,2-3,6-10,12H2,1H3. The normalized spacial score (nSPS) is 15.8. The molecule has 0 unspecified atom stereocenters. The van der Waals surface area contributed by atoms with Crippen LogP contribution in [0.5, 0.6) is 0 Å². The molecule has 1 aliphatic rings. The highest BCUT2D eigenvalue weighted by molar-refractivity contribution is 7.98. The molecule has 128 valence electrons. The number of nitro groups is 1. The van der Waals surface area contributed by atoms with Crippen molar-refractivity contribution in [1.82, 2.24) is 15.5 Å². The molecule has 2 heterocycles. The molecule has 0 atom stereocenters. The molecule has 6 nitrogen and oxygen atoms in total. The van der Waals surface area contributed by atoms with Crippen LogP contribution in [0.1, 0.15) is 22.6 Å². The minimum Gasteiger partial charge on any atom is -0.370 e. The average molecular weight is 357 g/mol. The van der Waals surface area contributed by atoms with Crippen LogP contribution < -0.4 is 10.6 Å². The number of hydrogen-bond donors (Lipinski definition) is 2. The van der Waals surface area contributed by atoms with Gasteiger partial charge in [0, 0.05) is 41.4 Å². The molecule has 0 aromatic carbocycles. The maximum atomic E-state index is 10.4. The Morgan fingerprint density at radius 3 is 2.87 bits per heavy atom. The number of rotatable bonds is 10. The highest BCUT2D eigenvalue weighted by atomic mass is 32.2. The van der Waals surface area contributed by atoms with Gasteiger partial charge in [-0.3, -0.25) is 15.0 Å². The molecule has 0 radical (unpaired) electrons. The molecule has 1 aliphatic heterocycles. The lowest BCUT2D eigenvalue weighted by Crippen LogP contribution is -2.26. The molecule has 0 aliphatic carbocycles. The molecule has 0 spiro atoms. The first-order valence-corrected chi connectivity index (χ1v) is 9.79. The summed E-state index contributed by atoms with van der Waals surface area (Å²) in [6.07, 6.45) is 3.62. The van der Waals surface area contributed by atoms with E-state index in [2.05, 4.69) is 27.7 Å². The van der Waals surface area contributed by atoms with Crippen LogP contribution in [0.4, 0.5) is 0 Å². The molecule has 1 aromatic rings. The molecule has 0 amide bonds. The lowest BCUT2D eigenvalue weighted by molar-refractivity contribution is -0.404. The molecule has 0 saturated carbocycles. The van der Waals surface area contributed by atoms with E-state index in [0.717, 1.165) is 24.3 Å². The minimum absolute atomic E-state index is 0.444. The monoisotopic (exact) mass is 356 g/mol. The van der Waals surface area contributed by atoms with E-state index in [1.165, 1.54) is 35.7 Å². The van der Waals surface area contributed by atoms with Gasteiger partial charge in [-0.2, -0.15) is 11.8 Å². The lowest BCUT2D eigenvalue weighted by Gasteiger charge is -2.12. The van der Waals surface area contributed by atoms with Crippen LogP contribution in [-0.2, 0) is 12.3 Å². The van der Waals surface area contributed by atoms with E-state index in [0.29, 0.717) is 12.4 Å². The predicted molar refractivity (Wildman–Crippen MR) is 97.1 cm³/mol. The topological polar surface area (TPSA) is 70.4 Å². The van der Waals surface area contributed by atoms with Crippen LogP contribution in [-0.4, -0.2) is 42.3 Å². The first-order chi connectivity index (χ1) is 11.2. The first-order valence-electron chi connectivity index (χ1n) is 7.82. The van der Waals surface area contributed by atoms with Gasteiger partial charge in [-0.25, -0.2) is 0 Å². The van der Waals surface area contributed by atoms with E-state index >= 15 is 0 Å². The van der Waals surface area contributed by atoms with Crippen molar-refractivity contribution in [3.63, 3.8) is 0 Å². The van der Waals surface area contributed by atoms with Crippen LogP contribution in [0.15, 0.2) is 24.2 Å². The van der Waals surface area contributed by atoms with Gasteiger partial charge in [0.2, 0.25) is 0 Å². The average Bonchev–Trinajstić information content (AvgIpc) is 3.18. The van der Waals surface area contributed by atoms with Crippen molar-refractivity contribution in [1.29, 1.82) is 0 Å². The molecule has 8 heteroatoms. The fourth-order valence-corrected chi connectivity index (χ4v) is 4.51. The Balaban J connectivity index is 1.62. The third-order valence-electron chi connectivity index (χ3n) is 3.61. The Kier molecular flexibility index (Phi) is 7.70. The Hall–Kier alpha value is -1.25. The number of hydrogen-bond acceptors (Lipinski definition) is 7. The smallest absolute Gasteiger partial charge is 0.274 e. The van der Waals surface area contributed by atoms with E-state index in [9.17, 15) is 10.1 Å². The molecule has 0 bridgehead atoms. The molecule has 23 heavy (non-hydrogen) atoms. The number of nitrogens with one attached hydrogen (secondary N) is 2. The van der Waals surface area contributed by atoms with E-state index < -0.39 is 4.92 Å². The Morgan fingerprint density at radius 1 is 1.43 bits per heavy atom. The molecular formula is C15H24N4O2S2. The molecule has 2 N–H and O–H groups in total. The number of thiophene rings is 1. The molecule has 1 aromatic heterocycles. The van der Waals surface area contributed by atoms with Gasteiger partial charge in [0.1, 0.15) is 0 Å². The fourth-order valence-electron chi connectivity index (χ4n) is 2.48. The summed E-state index contributed by atoms with van der Waals surface area (Å²) < 4.78 is 0. The zero-order valence-corrected chi connectivity index (χ0v) is 15.0. The second kappa shape index (κ2) is 9.79. The third kappa shape index (κ3) is 6.80. The molecule has 1 fully saturated rings. The van der Waals surface area contributed by atoms with Gasteiger partial charge in [0.15, 0.2) is 5.82 Å². The Morgan fingerprint density at radius 2 is 2.17 bits per heavy atom. The summed E-state index contributed by atoms with van der Waals surface area (Å²) in [5.74, 6) is 2.36. The molecule has 1 saturated heterocycles. The maximum absolute atomic E-state index is 10.4. The summed E-state index contributed by atoms with van der Waals surface area (Å²) in [5, 5.41) is 16.2. The van der Waals surface area contributed by atoms with E-state index in [4.69, 9.17) is 0 Å². The van der Waals surface area contributed by atoms with Crippen molar-refractivity contribution in [3.8, 4) is 0 Å². The maximum Gasteiger partial charge on any atom is 0.274 e. The van der Waals surface area contributed by atoms with Gasteiger partial charge in [0.05, 0.1) is 4.92 Å². The minimum atomic E-state index is -0.459. The number of nitrogens with zero attached hydrogens (tertiary/aromatic N) is 2. The van der Waals surface area contributed by atoms with Crippen molar-refractivity contribution in [2.75, 3.05) is 32.4 Å². The molecular weight excluding hydrogens is 332 g/mol. The van der Waals surface area contributed by atoms with Crippen LogP contribution >= 0.6 is 23.1 Å². The van der Waals surface area contributed by atoms with Crippen molar-refractivity contribution < 1.29 is 4.92 Å². The van der Waals surface area contributed by atoms with E-state index in [1.807, 2.05) is 23.1 Å². The fraction of sp³-hybridized carbons (Fsp3) is 0.600. The van der Waals surface area contributed by atoms with Gasteiger partial charge in [-0.1, -0.05) is 0 Å². The van der Waals surface area contributed by atoms with Gasteiger partial charge in [0.25, 0.3) is 6.20 Å². The van der Waals surface area contributed by atoms with Crippen molar-refractivity contribution >= 4 is 23.1 Å². The summed E-state index contributed by atoms with van der Waals surface area (Å²) in [7, 11) is 1.67. The van der Waals surface area contributed by atoms with Crippen molar-refractivity contribution in [2.24, 2.45) is 0 Å². The second-order valence-corrected chi connectivity index (χ2v) is 7.77. The van der Waals surface area contributed by atoms with Gasteiger partial charge in [-0.05, 0) is 38.1 Å². The first kappa shape index (κ1) is 18.1. The summed E-state index contributed by atoms with van der Waals surface area (Å²) in [4.78, 5) is 15.3. The largest absolute Gasteiger partial charge is 0.370 e. The second-order valence-electron chi connectivity index (χ2n) is 5.41. The summed E-state index contributed by atoms with van der Waals surface area (Å²) >= 11 is 3.74. The van der Waals surface area contributed by atoms with Crippen LogP contribution in [0.25, 0.3) is 0 Å². The number of thioether (sulfide) groups is 1. The zero-order chi connectivity index (χ0) is 16.5. The SMILES string of the molecule is CNC(=C[N+](=O)[O-])NCCSCc1ccc(CN2CCCC2)s1. The quantitative estimate of drug-likeness (QED) is 0.381. The van der Waals surface area contributed by atoms with Crippen LogP contribution in [0.3, 0.4) is 0 Å². The van der Waals surface area contributed by atoms with Gasteiger partial charge >= 0.3 is 0 Å². The van der Waals surface area contributed by atoms with Gasteiger partial charge in [-0.15, -0.1) is 11.3 Å². The Bertz CT molecular complexity index is 527. The summed E-state index contributed by atoms with van der Waals surface area (Å²) in [5.41, 5.74) is 0. The number of likely N-dealkylation sites (tertiary alicyclic amines) is 1. The highest BCUT2D eigenvalue weighted by Gasteiger charge is 2.12. The van der Waals surface area contributed by atoms with Crippen LogP contribution in [0, 0.1) is 10.1 Å². The van der Waals surface area contributed by atoms with Gasteiger partial charge < -0.3 is 10.6 Å². The predicted octanol–water partition coefficient (Wildman–Crippen LogP) is 2.46. The van der Waals surface area contributed by atoms with Crippen molar-refractivity contribution in [2.45, 2.75) is 25.1 Å².